The molecular formula is C9H7N7O3. The Hall–Kier alpha value is -3.04. The van der Waals surface area contributed by atoms with Crippen LogP contribution in [0, 0.1) is 10.1 Å². The molecule has 0 aliphatic carbocycles. The van der Waals surface area contributed by atoms with Gasteiger partial charge in [0.05, 0.1) is 17.5 Å². The molecule has 10 heteroatoms. The van der Waals surface area contributed by atoms with E-state index in [9.17, 15) is 10.1 Å². The van der Waals surface area contributed by atoms with E-state index < -0.39 is 4.92 Å². The van der Waals surface area contributed by atoms with Gasteiger partial charge in [-0.05, 0) is 6.07 Å². The minimum atomic E-state index is -0.492. The number of tetrazole rings is 1. The van der Waals surface area contributed by atoms with Crippen molar-refractivity contribution in [3.05, 3.63) is 34.1 Å². The Balaban J connectivity index is 1.83. The highest BCUT2D eigenvalue weighted by atomic mass is 16.6. The molecule has 0 amide bonds. The Morgan fingerprint density at radius 2 is 2.37 bits per heavy atom. The van der Waals surface area contributed by atoms with Gasteiger partial charge in [-0.15, -0.1) is 10.2 Å². The Kier molecular flexibility index (Phi) is 2.52. The first kappa shape index (κ1) is 11.1. The van der Waals surface area contributed by atoms with Crippen LogP contribution >= 0.6 is 0 Å². The van der Waals surface area contributed by atoms with Crippen LogP contribution in [-0.4, -0.2) is 30.5 Å². The molecule has 3 aromatic rings. The number of aromatic nitrogens is 5. The molecule has 0 unspecified atom stereocenters. The lowest BCUT2D eigenvalue weighted by Gasteiger charge is -1.94. The van der Waals surface area contributed by atoms with E-state index in [0.717, 1.165) is 0 Å². The molecule has 2 N–H and O–H groups in total. The monoisotopic (exact) mass is 261 g/mol. The van der Waals surface area contributed by atoms with Crippen LogP contribution in [0.4, 0.5) is 11.7 Å². The summed E-state index contributed by atoms with van der Waals surface area (Å²) in [6, 6.07) is 4.45. The van der Waals surface area contributed by atoms with Crippen LogP contribution in [0.1, 0.15) is 5.82 Å². The number of aromatic amines is 1. The van der Waals surface area contributed by atoms with E-state index in [-0.39, 0.29) is 18.2 Å². The number of oxazole rings is 1. The molecule has 0 bridgehead atoms. The number of hydrogen-bond donors (Lipinski definition) is 2. The van der Waals surface area contributed by atoms with Crippen molar-refractivity contribution in [2.24, 2.45) is 0 Å². The zero-order valence-corrected chi connectivity index (χ0v) is 9.40. The van der Waals surface area contributed by atoms with Gasteiger partial charge in [0.15, 0.2) is 11.4 Å². The third-order valence-electron chi connectivity index (χ3n) is 2.37. The van der Waals surface area contributed by atoms with E-state index >= 15 is 0 Å². The molecule has 19 heavy (non-hydrogen) atoms. The Bertz CT molecular complexity index is 721. The number of benzene rings is 1. The predicted molar refractivity (Wildman–Crippen MR) is 62.2 cm³/mol. The fourth-order valence-corrected chi connectivity index (χ4v) is 1.51. The molecule has 2 aromatic heterocycles. The van der Waals surface area contributed by atoms with Crippen LogP contribution in [0.2, 0.25) is 0 Å². The molecule has 96 valence electrons. The predicted octanol–water partition coefficient (Wildman–Crippen LogP) is 0.861. The van der Waals surface area contributed by atoms with Crippen molar-refractivity contribution in [3.63, 3.8) is 0 Å². The lowest BCUT2D eigenvalue weighted by atomic mass is 10.3. The van der Waals surface area contributed by atoms with E-state index in [1.54, 1.807) is 0 Å². The van der Waals surface area contributed by atoms with Crippen LogP contribution in [0.25, 0.3) is 11.1 Å². The average Bonchev–Trinajstić information content (AvgIpc) is 3.04. The van der Waals surface area contributed by atoms with Gasteiger partial charge in [-0.25, -0.2) is 0 Å². The minimum absolute atomic E-state index is 0.0478. The van der Waals surface area contributed by atoms with Crippen molar-refractivity contribution in [2.75, 3.05) is 5.32 Å². The molecule has 1 aromatic carbocycles. The second-order valence-corrected chi connectivity index (χ2v) is 3.61. The molecule has 2 heterocycles. The van der Waals surface area contributed by atoms with Crippen LogP contribution in [0.3, 0.4) is 0 Å². The summed E-state index contributed by atoms with van der Waals surface area (Å²) in [4.78, 5) is 14.3. The first-order chi connectivity index (χ1) is 9.22. The maximum absolute atomic E-state index is 10.6. The van der Waals surface area contributed by atoms with Gasteiger partial charge in [-0.2, -0.15) is 10.2 Å². The Labute approximate surface area is 105 Å². The van der Waals surface area contributed by atoms with Crippen molar-refractivity contribution < 1.29 is 9.34 Å². The summed E-state index contributed by atoms with van der Waals surface area (Å²) in [7, 11) is 0. The van der Waals surface area contributed by atoms with E-state index in [1.165, 1.54) is 18.2 Å². The van der Waals surface area contributed by atoms with Gasteiger partial charge >= 0.3 is 0 Å². The fraction of sp³-hybridized carbons (Fsp3) is 0.111. The summed E-state index contributed by atoms with van der Waals surface area (Å²) < 4.78 is 5.34. The van der Waals surface area contributed by atoms with Gasteiger partial charge in [0, 0.05) is 6.07 Å². The quantitative estimate of drug-likeness (QED) is 0.521. The maximum Gasteiger partial charge on any atom is 0.296 e. The summed E-state index contributed by atoms with van der Waals surface area (Å²) in [5.74, 6) is 0.452. The van der Waals surface area contributed by atoms with Gasteiger partial charge in [-0.1, -0.05) is 5.21 Å². The molecule has 0 atom stereocenters. The van der Waals surface area contributed by atoms with Gasteiger partial charge in [0.1, 0.15) is 5.52 Å². The molecule has 3 rings (SSSR count). The molecule has 0 aliphatic rings. The molecule has 0 radical (unpaired) electrons. The summed E-state index contributed by atoms with van der Waals surface area (Å²) in [6.45, 7) is 0.283. The van der Waals surface area contributed by atoms with Crippen molar-refractivity contribution in [2.45, 2.75) is 6.54 Å². The zero-order valence-electron chi connectivity index (χ0n) is 9.40. The standard InChI is InChI=1S/C9H7N7O3/c17-16(18)5-1-2-6-7(3-5)19-9(11-6)10-4-8-12-14-15-13-8/h1-3H,4H2,(H,10,11)(H,12,13,14,15). The van der Waals surface area contributed by atoms with Crippen LogP contribution in [0.5, 0.6) is 0 Å². The van der Waals surface area contributed by atoms with E-state index in [4.69, 9.17) is 4.42 Å². The molecule has 0 saturated heterocycles. The SMILES string of the molecule is O=[N+]([O-])c1ccc2nc(NCc3nn[nH]n3)oc2c1. The second kappa shape index (κ2) is 4.33. The Morgan fingerprint density at radius 1 is 1.47 bits per heavy atom. The van der Waals surface area contributed by atoms with Crippen molar-refractivity contribution in [1.29, 1.82) is 0 Å². The number of hydrogen-bond acceptors (Lipinski definition) is 8. The van der Waals surface area contributed by atoms with E-state index in [0.29, 0.717) is 16.9 Å². The fourth-order valence-electron chi connectivity index (χ4n) is 1.51. The lowest BCUT2D eigenvalue weighted by molar-refractivity contribution is -0.384. The number of fused-ring (bicyclic) bond motifs is 1. The molecule has 10 nitrogen and oxygen atoms in total. The van der Waals surface area contributed by atoms with Crippen molar-refractivity contribution in [3.8, 4) is 0 Å². The summed E-state index contributed by atoms with van der Waals surface area (Å²) in [5.41, 5.74) is 0.819. The highest BCUT2D eigenvalue weighted by molar-refractivity contribution is 5.77. The largest absolute Gasteiger partial charge is 0.423 e. The summed E-state index contributed by atoms with van der Waals surface area (Å²) in [5, 5.41) is 26.7. The molecule has 0 saturated carbocycles. The third kappa shape index (κ3) is 2.18. The normalized spacial score (nSPS) is 10.7. The number of nitrogens with one attached hydrogen (secondary N) is 2. The number of nitro benzene ring substituents is 1. The number of nitrogens with zero attached hydrogens (tertiary/aromatic N) is 5. The first-order valence-corrected chi connectivity index (χ1v) is 5.23. The smallest absolute Gasteiger partial charge is 0.296 e. The lowest BCUT2D eigenvalue weighted by Crippen LogP contribution is -2.01. The number of nitro groups is 1. The van der Waals surface area contributed by atoms with Gasteiger partial charge < -0.3 is 9.73 Å². The van der Waals surface area contributed by atoms with Crippen LogP contribution < -0.4 is 5.32 Å². The zero-order chi connectivity index (χ0) is 13.2. The Morgan fingerprint density at radius 3 is 3.11 bits per heavy atom. The average molecular weight is 261 g/mol. The van der Waals surface area contributed by atoms with E-state index in [1.807, 2.05) is 0 Å². The van der Waals surface area contributed by atoms with Crippen LogP contribution in [0.15, 0.2) is 22.6 Å². The van der Waals surface area contributed by atoms with Gasteiger partial charge in [0.2, 0.25) is 0 Å². The molecule has 0 fully saturated rings. The second-order valence-electron chi connectivity index (χ2n) is 3.61. The number of anilines is 1. The first-order valence-electron chi connectivity index (χ1n) is 5.23. The molecule has 0 aliphatic heterocycles. The number of non-ortho nitro benzene ring substituents is 1. The van der Waals surface area contributed by atoms with Crippen molar-refractivity contribution in [1.82, 2.24) is 25.6 Å². The number of rotatable bonds is 4. The van der Waals surface area contributed by atoms with Gasteiger partial charge in [0.25, 0.3) is 11.7 Å². The third-order valence-corrected chi connectivity index (χ3v) is 2.37. The number of H-pyrrole nitrogens is 1. The molecule has 0 spiro atoms. The highest BCUT2D eigenvalue weighted by Gasteiger charge is 2.11. The summed E-state index contributed by atoms with van der Waals surface area (Å²) >= 11 is 0. The van der Waals surface area contributed by atoms with Crippen LogP contribution in [-0.2, 0) is 6.54 Å². The molecular weight excluding hydrogens is 254 g/mol. The topological polar surface area (TPSA) is 136 Å². The summed E-state index contributed by atoms with van der Waals surface area (Å²) in [6.07, 6.45) is 0. The minimum Gasteiger partial charge on any atom is -0.423 e. The maximum atomic E-state index is 10.6. The highest BCUT2D eigenvalue weighted by Crippen LogP contribution is 2.23. The van der Waals surface area contributed by atoms with Crippen molar-refractivity contribution >= 4 is 22.8 Å². The van der Waals surface area contributed by atoms with Gasteiger partial charge in [-0.3, -0.25) is 10.1 Å². The van der Waals surface area contributed by atoms with E-state index in [2.05, 4.69) is 30.9 Å².